The highest BCUT2D eigenvalue weighted by Crippen LogP contribution is 2.30. The van der Waals surface area contributed by atoms with Crippen molar-refractivity contribution in [2.24, 2.45) is 11.7 Å². The van der Waals surface area contributed by atoms with Crippen LogP contribution in [0.1, 0.15) is 37.7 Å². The topological polar surface area (TPSA) is 26.0 Å². The van der Waals surface area contributed by atoms with Crippen LogP contribution in [0.15, 0.2) is 35.2 Å². The molecule has 2 N–H and O–H groups in total. The van der Waals surface area contributed by atoms with Crippen LogP contribution in [0.3, 0.4) is 0 Å². The first-order valence-corrected chi connectivity index (χ1v) is 7.96. The van der Waals surface area contributed by atoms with Crippen LogP contribution in [0, 0.1) is 5.92 Å². The highest BCUT2D eigenvalue weighted by atomic mass is 32.2. The Morgan fingerprint density at radius 2 is 2.06 bits per heavy atom. The normalized spacial score (nSPS) is 17.4. The first-order valence-electron chi connectivity index (χ1n) is 6.98. The van der Waals surface area contributed by atoms with Crippen molar-refractivity contribution >= 4 is 17.8 Å². The van der Waals surface area contributed by atoms with Crippen LogP contribution in [0.2, 0.25) is 0 Å². The number of nitrogens with two attached hydrogens (primary N) is 1. The third-order valence-corrected chi connectivity index (χ3v) is 4.74. The lowest BCUT2D eigenvalue weighted by molar-refractivity contribution is 0.391. The third-order valence-electron chi connectivity index (χ3n) is 3.51. The highest BCUT2D eigenvalue weighted by Gasteiger charge is 2.13. The van der Waals surface area contributed by atoms with E-state index in [4.69, 9.17) is 5.73 Å². The Balaban J connectivity index is 1.86. The lowest BCUT2D eigenvalue weighted by Crippen LogP contribution is -2.08. The molecule has 0 aliphatic heterocycles. The summed E-state index contributed by atoms with van der Waals surface area (Å²) in [5, 5.41) is 0. The van der Waals surface area contributed by atoms with E-state index in [1.54, 1.807) is 0 Å². The molecule has 98 valence electrons. The minimum atomic E-state index is 0.611. The zero-order valence-corrected chi connectivity index (χ0v) is 11.8. The molecule has 0 saturated heterocycles. The Labute approximate surface area is 115 Å². The maximum absolute atomic E-state index is 5.48. The fraction of sp³-hybridized carbons (Fsp3) is 0.500. The number of hydrogen-bond donors (Lipinski definition) is 1. The van der Waals surface area contributed by atoms with Gasteiger partial charge in [0.15, 0.2) is 0 Å². The van der Waals surface area contributed by atoms with Crippen LogP contribution in [0.5, 0.6) is 0 Å². The van der Waals surface area contributed by atoms with Crippen molar-refractivity contribution in [2.75, 3.05) is 12.3 Å². The van der Waals surface area contributed by atoms with Crippen LogP contribution in [-0.4, -0.2) is 12.3 Å². The molecule has 1 aromatic carbocycles. The fourth-order valence-corrected chi connectivity index (χ4v) is 3.64. The van der Waals surface area contributed by atoms with Gasteiger partial charge in [0.05, 0.1) is 0 Å². The SMILES string of the molecule is NCC=Cc1cccc(SCC2CCCCC2)c1. The predicted molar refractivity (Wildman–Crippen MR) is 81.8 cm³/mol. The van der Waals surface area contributed by atoms with Gasteiger partial charge in [0, 0.05) is 17.2 Å². The molecule has 0 spiro atoms. The lowest BCUT2D eigenvalue weighted by Gasteiger charge is -2.20. The van der Waals surface area contributed by atoms with E-state index in [-0.39, 0.29) is 0 Å². The van der Waals surface area contributed by atoms with Gasteiger partial charge in [-0.2, -0.15) is 0 Å². The van der Waals surface area contributed by atoms with Gasteiger partial charge in [0.25, 0.3) is 0 Å². The molecule has 1 saturated carbocycles. The summed E-state index contributed by atoms with van der Waals surface area (Å²) in [4.78, 5) is 1.39. The van der Waals surface area contributed by atoms with Crippen LogP contribution in [-0.2, 0) is 0 Å². The predicted octanol–water partition coefficient (Wildman–Crippen LogP) is 4.33. The Morgan fingerprint density at radius 1 is 1.22 bits per heavy atom. The fourth-order valence-electron chi connectivity index (χ4n) is 2.48. The molecule has 2 rings (SSSR count). The quantitative estimate of drug-likeness (QED) is 0.798. The van der Waals surface area contributed by atoms with E-state index in [0.717, 1.165) is 5.92 Å². The van der Waals surface area contributed by atoms with E-state index in [9.17, 15) is 0 Å². The third kappa shape index (κ3) is 4.51. The molecule has 0 bridgehead atoms. The molecule has 0 radical (unpaired) electrons. The first kappa shape index (κ1) is 13.7. The smallest absolute Gasteiger partial charge is 0.0110 e. The molecule has 0 aromatic heterocycles. The standard InChI is InChI=1S/C16H23NS/c17-11-5-9-14-8-4-10-16(12-14)18-13-15-6-2-1-3-7-15/h4-5,8-10,12,15H,1-3,6-7,11,13,17H2. The average Bonchev–Trinajstić information content (AvgIpc) is 2.44. The molecule has 0 unspecified atom stereocenters. The van der Waals surface area contributed by atoms with Crippen molar-refractivity contribution in [3.63, 3.8) is 0 Å². The molecule has 1 aliphatic rings. The summed E-state index contributed by atoms with van der Waals surface area (Å²) in [6, 6.07) is 8.75. The van der Waals surface area contributed by atoms with Gasteiger partial charge in [-0.1, -0.05) is 43.5 Å². The minimum absolute atomic E-state index is 0.611. The second kappa shape index (κ2) is 7.65. The molecule has 18 heavy (non-hydrogen) atoms. The Bertz CT molecular complexity index is 380. The summed E-state index contributed by atoms with van der Waals surface area (Å²) in [5.41, 5.74) is 6.74. The molecule has 0 amide bonds. The Kier molecular flexibility index (Phi) is 5.82. The van der Waals surface area contributed by atoms with Crippen molar-refractivity contribution in [3.8, 4) is 0 Å². The minimum Gasteiger partial charge on any atom is -0.327 e. The van der Waals surface area contributed by atoms with Crippen LogP contribution in [0.25, 0.3) is 6.08 Å². The maximum atomic E-state index is 5.48. The highest BCUT2D eigenvalue weighted by molar-refractivity contribution is 7.99. The molecule has 1 aromatic rings. The van der Waals surface area contributed by atoms with Gasteiger partial charge in [0.1, 0.15) is 0 Å². The van der Waals surface area contributed by atoms with Crippen LogP contribution >= 0.6 is 11.8 Å². The van der Waals surface area contributed by atoms with Gasteiger partial charge in [-0.05, 0) is 36.5 Å². The van der Waals surface area contributed by atoms with E-state index in [2.05, 4.69) is 30.3 Å². The number of hydrogen-bond acceptors (Lipinski definition) is 2. The summed E-state index contributed by atoms with van der Waals surface area (Å²) in [7, 11) is 0. The summed E-state index contributed by atoms with van der Waals surface area (Å²) in [6.07, 6.45) is 11.3. The van der Waals surface area contributed by atoms with Gasteiger partial charge in [-0.3, -0.25) is 0 Å². The Morgan fingerprint density at radius 3 is 2.83 bits per heavy atom. The molecular weight excluding hydrogens is 238 g/mol. The largest absolute Gasteiger partial charge is 0.327 e. The molecular formula is C16H23NS. The van der Waals surface area contributed by atoms with Crippen molar-refractivity contribution in [2.45, 2.75) is 37.0 Å². The molecule has 1 aliphatic carbocycles. The molecule has 1 fully saturated rings. The van der Waals surface area contributed by atoms with Gasteiger partial charge in [0.2, 0.25) is 0 Å². The summed E-state index contributed by atoms with van der Waals surface area (Å²) in [5.74, 6) is 2.22. The number of thioether (sulfide) groups is 1. The zero-order valence-electron chi connectivity index (χ0n) is 11.0. The lowest BCUT2D eigenvalue weighted by atomic mass is 9.91. The van der Waals surface area contributed by atoms with Crippen molar-refractivity contribution in [1.29, 1.82) is 0 Å². The molecule has 2 heteroatoms. The molecule has 0 heterocycles. The van der Waals surface area contributed by atoms with Crippen LogP contribution < -0.4 is 5.73 Å². The average molecular weight is 261 g/mol. The van der Waals surface area contributed by atoms with E-state index >= 15 is 0 Å². The second-order valence-electron chi connectivity index (χ2n) is 5.03. The zero-order chi connectivity index (χ0) is 12.6. The van der Waals surface area contributed by atoms with E-state index in [1.807, 2.05) is 17.8 Å². The van der Waals surface area contributed by atoms with Crippen molar-refractivity contribution in [3.05, 3.63) is 35.9 Å². The summed E-state index contributed by atoms with van der Waals surface area (Å²) >= 11 is 2.01. The maximum Gasteiger partial charge on any atom is 0.0110 e. The molecule has 1 nitrogen and oxygen atoms in total. The summed E-state index contributed by atoms with van der Waals surface area (Å²) in [6.45, 7) is 0.611. The number of rotatable bonds is 5. The van der Waals surface area contributed by atoms with Gasteiger partial charge < -0.3 is 5.73 Å². The second-order valence-corrected chi connectivity index (χ2v) is 6.12. The van der Waals surface area contributed by atoms with Gasteiger partial charge >= 0.3 is 0 Å². The van der Waals surface area contributed by atoms with Crippen LogP contribution in [0.4, 0.5) is 0 Å². The first-order chi connectivity index (χ1) is 8.88. The van der Waals surface area contributed by atoms with E-state index in [0.29, 0.717) is 6.54 Å². The van der Waals surface area contributed by atoms with E-state index in [1.165, 1.54) is 48.3 Å². The van der Waals surface area contributed by atoms with Crippen molar-refractivity contribution < 1.29 is 0 Å². The van der Waals surface area contributed by atoms with E-state index < -0.39 is 0 Å². The number of benzene rings is 1. The van der Waals surface area contributed by atoms with Gasteiger partial charge in [-0.25, -0.2) is 0 Å². The van der Waals surface area contributed by atoms with Crippen molar-refractivity contribution in [1.82, 2.24) is 0 Å². The van der Waals surface area contributed by atoms with Gasteiger partial charge in [-0.15, -0.1) is 11.8 Å². The summed E-state index contributed by atoms with van der Waals surface area (Å²) < 4.78 is 0. The monoisotopic (exact) mass is 261 g/mol. The molecule has 0 atom stereocenters. The Hall–Kier alpha value is -0.730.